The van der Waals surface area contributed by atoms with Gasteiger partial charge in [0.2, 0.25) is 0 Å². The van der Waals surface area contributed by atoms with E-state index < -0.39 is 17.7 Å². The van der Waals surface area contributed by atoms with E-state index in [1.54, 1.807) is 24.7 Å². The largest absolute Gasteiger partial charge is 0.507 e. The zero-order chi connectivity index (χ0) is 22.7. The first-order chi connectivity index (χ1) is 15.5. The summed E-state index contributed by atoms with van der Waals surface area (Å²) >= 11 is 6.22. The smallest absolute Gasteiger partial charge is 0.295 e. The van der Waals surface area contributed by atoms with Crippen molar-refractivity contribution in [2.45, 2.75) is 19.0 Å². The van der Waals surface area contributed by atoms with Gasteiger partial charge in [-0.2, -0.15) is 0 Å². The van der Waals surface area contributed by atoms with Crippen molar-refractivity contribution in [3.8, 4) is 5.75 Å². The summed E-state index contributed by atoms with van der Waals surface area (Å²) in [6.45, 7) is 1.00. The fourth-order valence-corrected chi connectivity index (χ4v) is 4.16. The first kappa shape index (κ1) is 21.6. The van der Waals surface area contributed by atoms with Crippen LogP contribution < -0.4 is 4.74 Å². The van der Waals surface area contributed by atoms with Crippen molar-refractivity contribution >= 4 is 29.1 Å². The highest BCUT2D eigenvalue weighted by Crippen LogP contribution is 2.40. The van der Waals surface area contributed by atoms with Crippen LogP contribution in [0.2, 0.25) is 5.02 Å². The van der Waals surface area contributed by atoms with Crippen molar-refractivity contribution in [2.24, 2.45) is 0 Å². The quantitative estimate of drug-likeness (QED) is 0.332. The number of benzene rings is 2. The average molecular weight is 452 g/mol. The second kappa shape index (κ2) is 9.28. The van der Waals surface area contributed by atoms with Crippen LogP contribution in [0.5, 0.6) is 5.75 Å². The molecule has 4 rings (SSSR count). The van der Waals surface area contributed by atoms with Gasteiger partial charge >= 0.3 is 0 Å². The number of halogens is 1. The van der Waals surface area contributed by atoms with E-state index in [2.05, 4.69) is 4.98 Å². The minimum atomic E-state index is -0.717. The number of aryl methyl sites for hydroxylation is 1. The highest BCUT2D eigenvalue weighted by Gasteiger charge is 2.45. The molecule has 0 radical (unpaired) electrons. The van der Waals surface area contributed by atoms with E-state index in [-0.39, 0.29) is 11.3 Å². The van der Waals surface area contributed by atoms with E-state index in [0.29, 0.717) is 35.8 Å². The van der Waals surface area contributed by atoms with E-state index in [9.17, 15) is 14.7 Å². The van der Waals surface area contributed by atoms with Crippen LogP contribution in [-0.2, 0) is 16.1 Å². The van der Waals surface area contributed by atoms with E-state index >= 15 is 0 Å². The molecule has 1 amide bonds. The topological polar surface area (TPSA) is 84.7 Å². The molecular formula is C24H22ClN3O4. The number of methoxy groups -OCH3 is 1. The van der Waals surface area contributed by atoms with Crippen molar-refractivity contribution in [1.29, 1.82) is 0 Å². The number of ketones is 1. The molecule has 1 atom stereocenters. The maximum atomic E-state index is 13.0. The van der Waals surface area contributed by atoms with Crippen molar-refractivity contribution < 1.29 is 19.4 Å². The number of likely N-dealkylation sites (tertiary alicyclic amines) is 1. The van der Waals surface area contributed by atoms with Crippen LogP contribution in [0.15, 0.2) is 72.8 Å². The molecular weight excluding hydrogens is 430 g/mol. The van der Waals surface area contributed by atoms with E-state index in [1.807, 2.05) is 41.1 Å². The molecule has 2 aromatic carbocycles. The van der Waals surface area contributed by atoms with Crippen LogP contribution in [0.3, 0.4) is 0 Å². The van der Waals surface area contributed by atoms with Crippen molar-refractivity contribution in [1.82, 2.24) is 14.5 Å². The second-order valence-corrected chi connectivity index (χ2v) is 7.81. The molecule has 0 saturated carbocycles. The number of aromatic nitrogens is 2. The Bertz CT molecular complexity index is 1160. The standard InChI is InChI=1S/C24H22ClN3O4/c1-32-19-9-8-17(14-18(19)25)22(29)20-21(16-6-3-2-4-7-16)28(24(31)23(20)30)12-5-11-27-13-10-26-15-27/h2-4,6-10,13-15,21,29H,5,11-12H2,1H3/b22-20+. The number of nitrogens with zero attached hydrogens (tertiary/aromatic N) is 3. The zero-order valence-corrected chi connectivity index (χ0v) is 18.2. The molecule has 1 fully saturated rings. The Hall–Kier alpha value is -3.58. The molecule has 1 N–H and O–H groups in total. The lowest BCUT2D eigenvalue weighted by atomic mass is 9.95. The van der Waals surface area contributed by atoms with Crippen molar-refractivity contribution in [3.63, 3.8) is 0 Å². The molecule has 1 unspecified atom stereocenters. The molecule has 164 valence electrons. The summed E-state index contributed by atoms with van der Waals surface area (Å²) in [5.41, 5.74) is 1.13. The predicted molar refractivity (Wildman–Crippen MR) is 120 cm³/mol. The molecule has 1 aliphatic heterocycles. The Morgan fingerprint density at radius 1 is 1.16 bits per heavy atom. The minimum absolute atomic E-state index is 0.0464. The van der Waals surface area contributed by atoms with E-state index in [1.165, 1.54) is 18.1 Å². The number of aliphatic hydroxyl groups is 1. The van der Waals surface area contributed by atoms with Gasteiger partial charge in [0, 0.05) is 31.0 Å². The number of hydrogen-bond acceptors (Lipinski definition) is 5. The highest BCUT2D eigenvalue weighted by atomic mass is 35.5. The van der Waals surface area contributed by atoms with Gasteiger partial charge in [0.25, 0.3) is 11.7 Å². The van der Waals surface area contributed by atoms with Gasteiger partial charge in [0.05, 0.1) is 30.1 Å². The number of hydrogen-bond donors (Lipinski definition) is 1. The molecule has 2 heterocycles. The normalized spacial score (nSPS) is 17.7. The minimum Gasteiger partial charge on any atom is -0.507 e. The summed E-state index contributed by atoms with van der Waals surface area (Å²) in [6.07, 6.45) is 5.86. The van der Waals surface area contributed by atoms with Crippen LogP contribution in [0.4, 0.5) is 0 Å². The molecule has 3 aromatic rings. The fourth-order valence-electron chi connectivity index (χ4n) is 3.90. The van der Waals surface area contributed by atoms with Crippen LogP contribution in [-0.4, -0.2) is 44.9 Å². The summed E-state index contributed by atoms with van der Waals surface area (Å²) in [5, 5.41) is 11.4. The summed E-state index contributed by atoms with van der Waals surface area (Å²) in [5.74, 6) is -1.17. The Kier molecular flexibility index (Phi) is 6.28. The van der Waals surface area contributed by atoms with Gasteiger partial charge in [-0.25, -0.2) is 4.98 Å². The van der Waals surface area contributed by atoms with Crippen LogP contribution in [0.25, 0.3) is 5.76 Å². The third-order valence-corrected chi connectivity index (χ3v) is 5.75. The molecule has 0 bridgehead atoms. The van der Waals surface area contributed by atoms with Gasteiger partial charge in [0.15, 0.2) is 0 Å². The van der Waals surface area contributed by atoms with Crippen molar-refractivity contribution in [2.75, 3.05) is 13.7 Å². The Labute approximate surface area is 190 Å². The number of Topliss-reactive ketones (excluding diaryl/α,β-unsaturated/α-hetero) is 1. The first-order valence-electron chi connectivity index (χ1n) is 10.1. The van der Waals surface area contributed by atoms with Crippen LogP contribution in [0, 0.1) is 0 Å². The number of imidazole rings is 1. The third-order valence-electron chi connectivity index (χ3n) is 5.46. The molecule has 0 spiro atoms. The summed E-state index contributed by atoms with van der Waals surface area (Å²) in [7, 11) is 1.49. The number of aliphatic hydroxyl groups excluding tert-OH is 1. The van der Waals surface area contributed by atoms with E-state index in [0.717, 1.165) is 5.56 Å². The molecule has 7 nitrogen and oxygen atoms in total. The van der Waals surface area contributed by atoms with Crippen LogP contribution in [0.1, 0.15) is 23.6 Å². The molecule has 8 heteroatoms. The summed E-state index contributed by atoms with van der Waals surface area (Å²) in [4.78, 5) is 31.5. The first-order valence-corrected chi connectivity index (χ1v) is 10.5. The molecule has 32 heavy (non-hydrogen) atoms. The van der Waals surface area contributed by atoms with Gasteiger partial charge < -0.3 is 19.3 Å². The van der Waals surface area contributed by atoms with Gasteiger partial charge in [0.1, 0.15) is 11.5 Å². The monoisotopic (exact) mass is 451 g/mol. The lowest BCUT2D eigenvalue weighted by Gasteiger charge is -2.25. The lowest BCUT2D eigenvalue weighted by molar-refractivity contribution is -0.139. The molecule has 1 aliphatic rings. The third kappa shape index (κ3) is 4.11. The lowest BCUT2D eigenvalue weighted by Crippen LogP contribution is -2.31. The maximum absolute atomic E-state index is 13.0. The number of rotatable bonds is 7. The molecule has 0 aliphatic carbocycles. The summed E-state index contributed by atoms with van der Waals surface area (Å²) in [6, 6.07) is 13.3. The SMILES string of the molecule is COc1ccc(/C(O)=C2\C(=O)C(=O)N(CCCn3ccnc3)C2c2ccccc2)cc1Cl. The fraction of sp³-hybridized carbons (Fsp3) is 0.208. The van der Waals surface area contributed by atoms with Gasteiger partial charge in [-0.05, 0) is 30.2 Å². The second-order valence-electron chi connectivity index (χ2n) is 7.41. The van der Waals surface area contributed by atoms with Gasteiger partial charge in [-0.3, -0.25) is 9.59 Å². The predicted octanol–water partition coefficient (Wildman–Crippen LogP) is 4.06. The Morgan fingerprint density at radius 2 is 1.94 bits per heavy atom. The van der Waals surface area contributed by atoms with Gasteiger partial charge in [-0.1, -0.05) is 41.9 Å². The zero-order valence-electron chi connectivity index (χ0n) is 17.4. The number of carbonyl (C=O) groups excluding carboxylic acids is 2. The van der Waals surface area contributed by atoms with E-state index in [4.69, 9.17) is 16.3 Å². The molecule has 1 saturated heterocycles. The number of amides is 1. The van der Waals surface area contributed by atoms with Gasteiger partial charge in [-0.15, -0.1) is 0 Å². The Morgan fingerprint density at radius 3 is 2.59 bits per heavy atom. The van der Waals surface area contributed by atoms with Crippen molar-refractivity contribution in [3.05, 3.63) is 89.0 Å². The van der Waals surface area contributed by atoms with Crippen LogP contribution >= 0.6 is 11.6 Å². The maximum Gasteiger partial charge on any atom is 0.295 e. The number of ether oxygens (including phenoxy) is 1. The number of carbonyl (C=O) groups is 2. The molecule has 1 aromatic heterocycles. The summed E-state index contributed by atoms with van der Waals surface area (Å²) < 4.78 is 7.07. The Balaban J connectivity index is 1.72. The average Bonchev–Trinajstić information content (AvgIpc) is 3.41. The highest BCUT2D eigenvalue weighted by molar-refractivity contribution is 6.46.